The predicted octanol–water partition coefficient (Wildman–Crippen LogP) is 4.13. The number of carbonyl (C=O) groups excluding carboxylic acids is 1. The first kappa shape index (κ1) is 20.8. The maximum atomic E-state index is 12.8. The fourth-order valence-electron chi connectivity index (χ4n) is 3.53. The van der Waals surface area contributed by atoms with Crippen LogP contribution in [0.4, 0.5) is 0 Å². The summed E-state index contributed by atoms with van der Waals surface area (Å²) in [6, 6.07) is 15.1. The number of benzene rings is 2. The Morgan fingerprint density at radius 2 is 1.83 bits per heavy atom. The van der Waals surface area contributed by atoms with E-state index in [1.165, 1.54) is 16.9 Å². The monoisotopic (exact) mass is 441 g/mol. The van der Waals surface area contributed by atoms with Gasteiger partial charge in [0.15, 0.2) is 9.84 Å². The Morgan fingerprint density at radius 1 is 1.10 bits per heavy atom. The molecule has 1 N–H and O–H groups in total. The molecule has 156 valence electrons. The van der Waals surface area contributed by atoms with Gasteiger partial charge in [0.2, 0.25) is 0 Å². The first-order valence-corrected chi connectivity index (χ1v) is 12.2. The highest BCUT2D eigenvalue weighted by Crippen LogP contribution is 2.43. The fraction of sp³-hybridized carbons (Fsp3) is 0.261. The second-order valence-corrected chi connectivity index (χ2v) is 10.5. The molecule has 0 fully saturated rings. The Kier molecular flexibility index (Phi) is 5.77. The van der Waals surface area contributed by atoms with Crippen molar-refractivity contribution in [2.24, 2.45) is 0 Å². The highest BCUT2D eigenvalue weighted by molar-refractivity contribution is 7.91. The summed E-state index contributed by atoms with van der Waals surface area (Å²) in [5, 5.41) is 2.93. The maximum absolute atomic E-state index is 12.8. The molecule has 4 rings (SSSR count). The van der Waals surface area contributed by atoms with Crippen LogP contribution >= 0.6 is 11.3 Å². The quantitative estimate of drug-likeness (QED) is 0.624. The SMILES string of the molecule is COCCc1ccc2c(c1)-c1sc(C(=O)NCc3ccc(C)cc3)cc1CS2(=O)=O. The molecule has 0 radical (unpaired) electrons. The average molecular weight is 442 g/mol. The van der Waals surface area contributed by atoms with E-state index in [0.29, 0.717) is 40.5 Å². The van der Waals surface area contributed by atoms with Crippen LogP contribution in [0, 0.1) is 6.92 Å². The number of aryl methyl sites for hydroxylation is 1. The van der Waals surface area contributed by atoms with Crippen molar-refractivity contribution in [2.75, 3.05) is 13.7 Å². The number of carbonyl (C=O) groups is 1. The number of hydrogen-bond acceptors (Lipinski definition) is 5. The van der Waals surface area contributed by atoms with Crippen molar-refractivity contribution >= 4 is 27.1 Å². The lowest BCUT2D eigenvalue weighted by Crippen LogP contribution is -2.21. The minimum atomic E-state index is -3.42. The molecule has 1 aliphatic heterocycles. The fourth-order valence-corrected chi connectivity index (χ4v) is 6.38. The van der Waals surface area contributed by atoms with Crippen LogP contribution in [0.15, 0.2) is 53.4 Å². The van der Waals surface area contributed by atoms with E-state index < -0.39 is 9.84 Å². The lowest BCUT2D eigenvalue weighted by Gasteiger charge is -2.17. The third-order valence-corrected chi connectivity index (χ3v) is 8.10. The predicted molar refractivity (Wildman–Crippen MR) is 119 cm³/mol. The molecule has 0 unspecified atom stereocenters. The summed E-state index contributed by atoms with van der Waals surface area (Å²) in [6.45, 7) is 3.01. The van der Waals surface area contributed by atoms with E-state index in [9.17, 15) is 13.2 Å². The van der Waals surface area contributed by atoms with E-state index in [1.54, 1.807) is 19.2 Å². The summed E-state index contributed by atoms with van der Waals surface area (Å²) < 4.78 is 30.7. The van der Waals surface area contributed by atoms with Gasteiger partial charge in [0.25, 0.3) is 5.91 Å². The number of rotatable bonds is 6. The van der Waals surface area contributed by atoms with Gasteiger partial charge in [-0.25, -0.2) is 8.42 Å². The van der Waals surface area contributed by atoms with Crippen LogP contribution in [0.25, 0.3) is 10.4 Å². The van der Waals surface area contributed by atoms with Crippen LogP contribution in [-0.4, -0.2) is 28.0 Å². The van der Waals surface area contributed by atoms with Gasteiger partial charge in [-0.1, -0.05) is 35.9 Å². The molecule has 0 spiro atoms. The summed E-state index contributed by atoms with van der Waals surface area (Å²) in [4.78, 5) is 14.4. The Hall–Kier alpha value is -2.48. The van der Waals surface area contributed by atoms with Crippen LogP contribution in [0.5, 0.6) is 0 Å². The molecule has 5 nitrogen and oxygen atoms in total. The molecule has 2 aromatic carbocycles. The van der Waals surface area contributed by atoms with Gasteiger partial charge in [-0.15, -0.1) is 11.3 Å². The van der Waals surface area contributed by atoms with Gasteiger partial charge in [0, 0.05) is 24.1 Å². The zero-order chi connectivity index (χ0) is 21.3. The van der Waals surface area contributed by atoms with E-state index in [1.807, 2.05) is 43.3 Å². The molecule has 30 heavy (non-hydrogen) atoms. The molecular weight excluding hydrogens is 418 g/mol. The van der Waals surface area contributed by atoms with E-state index in [4.69, 9.17) is 4.74 Å². The molecule has 0 aliphatic carbocycles. The van der Waals surface area contributed by atoms with Crippen molar-refractivity contribution in [2.45, 2.75) is 30.5 Å². The molecule has 1 aliphatic rings. The Balaban J connectivity index is 1.61. The van der Waals surface area contributed by atoms with Crippen LogP contribution < -0.4 is 5.32 Å². The second-order valence-electron chi connectivity index (χ2n) is 7.47. The van der Waals surface area contributed by atoms with Crippen molar-refractivity contribution in [1.82, 2.24) is 5.32 Å². The van der Waals surface area contributed by atoms with E-state index in [-0.39, 0.29) is 11.7 Å². The first-order valence-electron chi connectivity index (χ1n) is 9.69. The largest absolute Gasteiger partial charge is 0.384 e. The second kappa shape index (κ2) is 8.34. The third kappa shape index (κ3) is 4.19. The van der Waals surface area contributed by atoms with Crippen LogP contribution in [0.2, 0.25) is 0 Å². The number of ether oxygens (including phenoxy) is 1. The lowest BCUT2D eigenvalue weighted by atomic mass is 10.0. The third-order valence-electron chi connectivity index (χ3n) is 5.17. The highest BCUT2D eigenvalue weighted by atomic mass is 32.2. The molecule has 0 saturated carbocycles. The summed E-state index contributed by atoms with van der Waals surface area (Å²) in [6.07, 6.45) is 0.703. The maximum Gasteiger partial charge on any atom is 0.261 e. The van der Waals surface area contributed by atoms with Crippen molar-refractivity contribution in [1.29, 1.82) is 0 Å². The van der Waals surface area contributed by atoms with Gasteiger partial charge in [-0.05, 0) is 48.2 Å². The zero-order valence-corrected chi connectivity index (χ0v) is 18.5. The number of sulfone groups is 1. The van der Waals surface area contributed by atoms with Gasteiger partial charge < -0.3 is 10.1 Å². The summed E-state index contributed by atoms with van der Waals surface area (Å²) in [7, 11) is -1.78. The zero-order valence-electron chi connectivity index (χ0n) is 16.9. The average Bonchev–Trinajstić information content (AvgIpc) is 3.15. The van der Waals surface area contributed by atoms with Crippen LogP contribution in [0.3, 0.4) is 0 Å². The molecule has 7 heteroatoms. The van der Waals surface area contributed by atoms with Gasteiger partial charge in [0.05, 0.1) is 22.1 Å². The summed E-state index contributed by atoms with van der Waals surface area (Å²) in [5.41, 5.74) is 4.58. The number of nitrogens with one attached hydrogen (secondary N) is 1. The molecule has 1 amide bonds. The molecule has 0 atom stereocenters. The van der Waals surface area contributed by atoms with Crippen molar-refractivity contribution in [3.05, 3.63) is 75.7 Å². The normalized spacial score (nSPS) is 14.1. The molecular formula is C23H23NO4S2. The topological polar surface area (TPSA) is 72.5 Å². The minimum absolute atomic E-state index is 0.0749. The molecule has 2 heterocycles. The molecule has 0 bridgehead atoms. The van der Waals surface area contributed by atoms with E-state index >= 15 is 0 Å². The Morgan fingerprint density at radius 3 is 2.57 bits per heavy atom. The first-order chi connectivity index (χ1) is 14.4. The number of amides is 1. The smallest absolute Gasteiger partial charge is 0.261 e. The van der Waals surface area contributed by atoms with Gasteiger partial charge in [-0.3, -0.25) is 4.79 Å². The molecule has 0 saturated heterocycles. The van der Waals surface area contributed by atoms with Gasteiger partial charge in [0.1, 0.15) is 0 Å². The van der Waals surface area contributed by atoms with Crippen molar-refractivity contribution < 1.29 is 17.9 Å². The lowest BCUT2D eigenvalue weighted by molar-refractivity contribution is 0.0955. The molecule has 1 aromatic heterocycles. The Labute approximate surface area is 180 Å². The number of hydrogen-bond donors (Lipinski definition) is 1. The van der Waals surface area contributed by atoms with E-state index in [2.05, 4.69) is 5.32 Å². The number of thiophene rings is 1. The van der Waals surface area contributed by atoms with E-state index in [0.717, 1.165) is 16.0 Å². The number of fused-ring (bicyclic) bond motifs is 3. The summed E-state index contributed by atoms with van der Waals surface area (Å²) >= 11 is 1.35. The van der Waals surface area contributed by atoms with Crippen LogP contribution in [-0.2, 0) is 33.3 Å². The van der Waals surface area contributed by atoms with Gasteiger partial charge >= 0.3 is 0 Å². The van der Waals surface area contributed by atoms with Crippen molar-refractivity contribution in [3.63, 3.8) is 0 Å². The molecule has 3 aromatic rings. The standard InChI is InChI=1S/C23H23NO4S2/c1-15-3-5-17(6-4-15)13-24-23(25)20-12-18-14-30(26,27)21-8-7-16(9-10-28-2)11-19(21)22(18)29-20/h3-8,11-12H,9-10,13-14H2,1-2H3,(H,24,25). The summed E-state index contributed by atoms with van der Waals surface area (Å²) in [5.74, 6) is -0.265. The Bertz CT molecular complexity index is 1190. The highest BCUT2D eigenvalue weighted by Gasteiger charge is 2.31. The minimum Gasteiger partial charge on any atom is -0.384 e. The van der Waals surface area contributed by atoms with Gasteiger partial charge in [-0.2, -0.15) is 0 Å². The number of methoxy groups -OCH3 is 1. The van der Waals surface area contributed by atoms with Crippen LogP contribution in [0.1, 0.15) is 31.9 Å². The van der Waals surface area contributed by atoms with Crippen molar-refractivity contribution in [3.8, 4) is 10.4 Å².